The van der Waals surface area contributed by atoms with Gasteiger partial charge in [0.15, 0.2) is 6.61 Å². The Morgan fingerprint density at radius 3 is 2.91 bits per heavy atom. The van der Waals surface area contributed by atoms with E-state index in [2.05, 4.69) is 12.1 Å². The van der Waals surface area contributed by atoms with Crippen molar-refractivity contribution in [2.45, 2.75) is 44.6 Å². The number of ether oxygens (including phenoxy) is 1. The van der Waals surface area contributed by atoms with Crippen LogP contribution in [0.5, 0.6) is 5.75 Å². The fraction of sp³-hybridized carbons (Fsp3) is 0.444. The van der Waals surface area contributed by atoms with Crippen LogP contribution in [0, 0.1) is 11.3 Å². The maximum absolute atomic E-state index is 12.5. The van der Waals surface area contributed by atoms with Gasteiger partial charge in [0, 0.05) is 11.7 Å². The smallest absolute Gasteiger partial charge is 0.264 e. The molecule has 0 atom stereocenters. The standard InChI is InChI=1S/C18H20N2O2/c19-12-14-5-4-8-17(11-14)22-13-18(21)20(16-9-10-16)15-6-2-1-3-7-15/h4-6,8,11,16H,1-3,7,9-10,13H2. The zero-order valence-electron chi connectivity index (χ0n) is 12.6. The highest BCUT2D eigenvalue weighted by Gasteiger charge is 2.35. The maximum atomic E-state index is 12.5. The van der Waals surface area contributed by atoms with Crippen LogP contribution in [-0.2, 0) is 4.79 Å². The first kappa shape index (κ1) is 14.6. The summed E-state index contributed by atoms with van der Waals surface area (Å²) in [5.41, 5.74) is 1.71. The molecular weight excluding hydrogens is 276 g/mol. The lowest BCUT2D eigenvalue weighted by Gasteiger charge is -2.27. The summed E-state index contributed by atoms with van der Waals surface area (Å²) in [5, 5.41) is 8.89. The maximum Gasteiger partial charge on any atom is 0.264 e. The van der Waals surface area contributed by atoms with E-state index >= 15 is 0 Å². The van der Waals surface area contributed by atoms with Gasteiger partial charge in [-0.05, 0) is 56.7 Å². The molecule has 114 valence electrons. The van der Waals surface area contributed by atoms with Crippen LogP contribution in [0.25, 0.3) is 0 Å². The van der Waals surface area contributed by atoms with E-state index in [1.807, 2.05) is 4.90 Å². The quantitative estimate of drug-likeness (QED) is 0.837. The molecular formula is C18H20N2O2. The van der Waals surface area contributed by atoms with E-state index < -0.39 is 0 Å². The van der Waals surface area contributed by atoms with Gasteiger partial charge in [-0.25, -0.2) is 0 Å². The lowest BCUT2D eigenvalue weighted by molar-refractivity contribution is -0.132. The van der Waals surface area contributed by atoms with Gasteiger partial charge in [0.1, 0.15) is 5.75 Å². The molecule has 0 saturated heterocycles. The molecule has 1 aromatic rings. The molecule has 1 amide bonds. The Hall–Kier alpha value is -2.28. The average Bonchev–Trinajstić information content (AvgIpc) is 3.39. The molecule has 0 radical (unpaired) electrons. The first-order valence-corrected chi connectivity index (χ1v) is 7.92. The third kappa shape index (κ3) is 3.48. The molecule has 3 rings (SSSR count). The Balaban J connectivity index is 1.64. The number of benzene rings is 1. The summed E-state index contributed by atoms with van der Waals surface area (Å²) in [6.07, 6.45) is 8.82. The van der Waals surface area contributed by atoms with Gasteiger partial charge in [-0.3, -0.25) is 4.79 Å². The summed E-state index contributed by atoms with van der Waals surface area (Å²) in [6, 6.07) is 9.36. The summed E-state index contributed by atoms with van der Waals surface area (Å²) in [4.78, 5) is 14.5. The highest BCUT2D eigenvalue weighted by Crippen LogP contribution is 2.33. The molecule has 4 nitrogen and oxygen atoms in total. The zero-order valence-corrected chi connectivity index (χ0v) is 12.6. The minimum atomic E-state index is 0.0259. The molecule has 0 heterocycles. The molecule has 0 spiro atoms. The summed E-state index contributed by atoms with van der Waals surface area (Å²) in [6.45, 7) is 0.0305. The van der Waals surface area contributed by atoms with Gasteiger partial charge < -0.3 is 9.64 Å². The van der Waals surface area contributed by atoms with Crippen LogP contribution in [0.3, 0.4) is 0 Å². The van der Waals surface area contributed by atoms with Gasteiger partial charge in [0.05, 0.1) is 11.6 Å². The van der Waals surface area contributed by atoms with Crippen LogP contribution in [0.4, 0.5) is 0 Å². The molecule has 0 aliphatic heterocycles. The summed E-state index contributed by atoms with van der Waals surface area (Å²) in [5.74, 6) is 0.596. The summed E-state index contributed by atoms with van der Waals surface area (Å²) < 4.78 is 5.59. The van der Waals surface area contributed by atoms with Crippen LogP contribution in [0.2, 0.25) is 0 Å². The molecule has 0 bridgehead atoms. The number of amides is 1. The van der Waals surface area contributed by atoms with Crippen LogP contribution in [-0.4, -0.2) is 23.5 Å². The monoisotopic (exact) mass is 296 g/mol. The fourth-order valence-electron chi connectivity index (χ4n) is 2.84. The lowest BCUT2D eigenvalue weighted by atomic mass is 10.0. The van der Waals surface area contributed by atoms with Gasteiger partial charge in [-0.1, -0.05) is 12.1 Å². The second kappa shape index (κ2) is 6.65. The molecule has 4 heteroatoms. The molecule has 2 aliphatic carbocycles. The number of carbonyl (C=O) groups excluding carboxylic acids is 1. The minimum Gasteiger partial charge on any atom is -0.484 e. The average molecular weight is 296 g/mol. The van der Waals surface area contributed by atoms with Crippen molar-refractivity contribution in [3.8, 4) is 11.8 Å². The van der Waals surface area contributed by atoms with E-state index in [4.69, 9.17) is 10.00 Å². The van der Waals surface area contributed by atoms with E-state index in [9.17, 15) is 4.79 Å². The first-order valence-electron chi connectivity index (χ1n) is 7.92. The highest BCUT2D eigenvalue weighted by molar-refractivity contribution is 5.80. The van der Waals surface area contributed by atoms with E-state index in [0.29, 0.717) is 17.4 Å². The molecule has 22 heavy (non-hydrogen) atoms. The van der Waals surface area contributed by atoms with Crippen molar-refractivity contribution >= 4 is 5.91 Å². The molecule has 0 unspecified atom stereocenters. The van der Waals surface area contributed by atoms with Crippen molar-refractivity contribution < 1.29 is 9.53 Å². The number of nitrogens with zero attached hydrogens (tertiary/aromatic N) is 2. The van der Waals surface area contributed by atoms with Crippen molar-refractivity contribution in [1.29, 1.82) is 5.26 Å². The Labute approximate surface area is 131 Å². The number of carbonyl (C=O) groups is 1. The molecule has 1 saturated carbocycles. The second-order valence-electron chi connectivity index (χ2n) is 5.86. The molecule has 2 aliphatic rings. The number of allylic oxidation sites excluding steroid dienone is 2. The number of rotatable bonds is 5. The fourth-order valence-corrected chi connectivity index (χ4v) is 2.84. The zero-order chi connectivity index (χ0) is 15.4. The van der Waals surface area contributed by atoms with Gasteiger partial charge in [-0.15, -0.1) is 0 Å². The summed E-state index contributed by atoms with van der Waals surface area (Å²) in [7, 11) is 0. The minimum absolute atomic E-state index is 0.0259. The van der Waals surface area contributed by atoms with Gasteiger partial charge >= 0.3 is 0 Å². The Kier molecular flexibility index (Phi) is 4.43. The van der Waals surface area contributed by atoms with E-state index in [0.717, 1.165) is 32.1 Å². The normalized spacial score (nSPS) is 17.3. The lowest BCUT2D eigenvalue weighted by Crippen LogP contribution is -2.36. The number of nitriles is 1. The third-order valence-electron chi connectivity index (χ3n) is 4.08. The second-order valence-corrected chi connectivity index (χ2v) is 5.86. The molecule has 0 N–H and O–H groups in total. The van der Waals surface area contributed by atoms with Crippen molar-refractivity contribution in [1.82, 2.24) is 4.90 Å². The Morgan fingerprint density at radius 2 is 2.23 bits per heavy atom. The van der Waals surface area contributed by atoms with E-state index in [1.54, 1.807) is 24.3 Å². The van der Waals surface area contributed by atoms with E-state index in [-0.39, 0.29) is 12.5 Å². The third-order valence-corrected chi connectivity index (χ3v) is 4.08. The van der Waals surface area contributed by atoms with Crippen molar-refractivity contribution in [3.05, 3.63) is 41.6 Å². The van der Waals surface area contributed by atoms with Crippen LogP contribution in [0.15, 0.2) is 36.0 Å². The van der Waals surface area contributed by atoms with Gasteiger partial charge in [0.2, 0.25) is 0 Å². The van der Waals surface area contributed by atoms with Crippen LogP contribution in [0.1, 0.15) is 44.1 Å². The Morgan fingerprint density at radius 1 is 1.36 bits per heavy atom. The predicted molar refractivity (Wildman–Crippen MR) is 83.1 cm³/mol. The summed E-state index contributed by atoms with van der Waals surface area (Å²) >= 11 is 0. The van der Waals surface area contributed by atoms with Crippen molar-refractivity contribution in [2.24, 2.45) is 0 Å². The first-order chi connectivity index (χ1) is 10.8. The highest BCUT2D eigenvalue weighted by atomic mass is 16.5. The topological polar surface area (TPSA) is 53.3 Å². The molecule has 1 aromatic carbocycles. The van der Waals surface area contributed by atoms with Crippen molar-refractivity contribution in [2.75, 3.05) is 6.61 Å². The Bertz CT molecular complexity index is 626. The van der Waals surface area contributed by atoms with Gasteiger partial charge in [0.25, 0.3) is 5.91 Å². The van der Waals surface area contributed by atoms with Crippen LogP contribution >= 0.6 is 0 Å². The largest absolute Gasteiger partial charge is 0.484 e. The van der Waals surface area contributed by atoms with Gasteiger partial charge in [-0.2, -0.15) is 5.26 Å². The van der Waals surface area contributed by atoms with E-state index in [1.165, 1.54) is 12.1 Å². The number of hydrogen-bond donors (Lipinski definition) is 0. The van der Waals surface area contributed by atoms with Crippen molar-refractivity contribution in [3.63, 3.8) is 0 Å². The SMILES string of the molecule is N#Cc1cccc(OCC(=O)N(C2=CCCCC2)C2CC2)c1. The molecule has 1 fully saturated rings. The number of hydrogen-bond acceptors (Lipinski definition) is 3. The molecule has 0 aromatic heterocycles. The van der Waals surface area contributed by atoms with Crippen LogP contribution < -0.4 is 4.74 Å². The predicted octanol–water partition coefficient (Wildman–Crippen LogP) is 3.39.